The lowest BCUT2D eigenvalue weighted by molar-refractivity contribution is -0.137. The lowest BCUT2D eigenvalue weighted by atomic mass is 10.1. The quantitative estimate of drug-likeness (QED) is 0.261. The van der Waals surface area contributed by atoms with Gasteiger partial charge in [-0.25, -0.2) is 14.6 Å². The lowest BCUT2D eigenvalue weighted by Gasteiger charge is -2.36. The maximum Gasteiger partial charge on any atom is 0.417 e. The molecule has 3 aromatic rings. The number of hydrazone groups is 1. The molecule has 0 radical (unpaired) electrons. The van der Waals surface area contributed by atoms with Crippen molar-refractivity contribution in [3.05, 3.63) is 75.3 Å². The highest BCUT2D eigenvalue weighted by molar-refractivity contribution is 5.93. The summed E-state index contributed by atoms with van der Waals surface area (Å²) in [5.74, 6) is -2.51. The first kappa shape index (κ1) is 27.3. The maximum atomic E-state index is 15.2. The molecule has 40 heavy (non-hydrogen) atoms. The first-order valence-corrected chi connectivity index (χ1v) is 12.6. The van der Waals surface area contributed by atoms with E-state index in [4.69, 9.17) is 0 Å². The van der Waals surface area contributed by atoms with E-state index in [0.717, 1.165) is 31.2 Å². The zero-order valence-corrected chi connectivity index (χ0v) is 21.1. The van der Waals surface area contributed by atoms with Crippen LogP contribution in [0.25, 0.3) is 10.9 Å². The van der Waals surface area contributed by atoms with Gasteiger partial charge < -0.3 is 14.6 Å². The fourth-order valence-electron chi connectivity index (χ4n) is 4.84. The molecule has 1 aliphatic heterocycles. The van der Waals surface area contributed by atoms with Crippen LogP contribution in [0.3, 0.4) is 0 Å². The fraction of sp³-hybridized carbons (Fsp3) is 0.333. The Labute approximate surface area is 225 Å². The first-order valence-electron chi connectivity index (χ1n) is 12.6. The van der Waals surface area contributed by atoms with Crippen LogP contribution < -0.4 is 15.8 Å². The number of carboxylic acids is 1. The number of carbonyl (C=O) groups excluding carboxylic acids is 1. The van der Waals surface area contributed by atoms with Gasteiger partial charge in [0, 0.05) is 49.4 Å². The Hall–Kier alpha value is -4.26. The number of piperazine rings is 1. The van der Waals surface area contributed by atoms with Gasteiger partial charge in [-0.05, 0) is 31.0 Å². The van der Waals surface area contributed by atoms with Crippen molar-refractivity contribution < 1.29 is 32.3 Å². The third-order valence-electron chi connectivity index (χ3n) is 7.01. The number of carbonyl (C=O) groups is 2. The van der Waals surface area contributed by atoms with Crippen molar-refractivity contribution in [3.8, 4) is 0 Å². The van der Waals surface area contributed by atoms with E-state index in [1.807, 2.05) is 4.90 Å². The van der Waals surface area contributed by atoms with Crippen LogP contribution in [0.5, 0.6) is 0 Å². The molecular weight excluding hydrogens is 534 g/mol. The molecule has 0 atom stereocenters. The molecule has 5 rings (SSSR count). The number of carboxylic acid groups (broad SMARTS) is 1. The maximum absolute atomic E-state index is 15.2. The number of nitrogens with one attached hydrogen (secondary N) is 1. The minimum Gasteiger partial charge on any atom is -0.477 e. The van der Waals surface area contributed by atoms with Crippen LogP contribution in [0.4, 0.5) is 23.2 Å². The third kappa shape index (κ3) is 5.69. The van der Waals surface area contributed by atoms with Crippen LogP contribution in [-0.2, 0) is 11.0 Å². The summed E-state index contributed by atoms with van der Waals surface area (Å²) in [7, 11) is 0. The Kier molecular flexibility index (Phi) is 7.32. The van der Waals surface area contributed by atoms with Gasteiger partial charge in [-0.15, -0.1) is 0 Å². The van der Waals surface area contributed by atoms with Gasteiger partial charge in [0.1, 0.15) is 11.4 Å². The van der Waals surface area contributed by atoms with Crippen molar-refractivity contribution in [1.29, 1.82) is 0 Å². The number of nitrogens with zero attached hydrogens (tertiary/aromatic N) is 4. The average Bonchev–Trinajstić information content (AvgIpc) is 3.74. The topological polar surface area (TPSA) is 107 Å². The van der Waals surface area contributed by atoms with E-state index in [0.29, 0.717) is 31.7 Å². The summed E-state index contributed by atoms with van der Waals surface area (Å²) >= 11 is 0. The Bertz CT molecular complexity index is 1560. The first-order chi connectivity index (χ1) is 19.0. The Morgan fingerprint density at radius 2 is 1.80 bits per heavy atom. The number of pyridine rings is 1. The number of aromatic nitrogens is 1. The van der Waals surface area contributed by atoms with Crippen LogP contribution in [0, 0.1) is 5.82 Å². The van der Waals surface area contributed by atoms with Gasteiger partial charge in [-0.2, -0.15) is 18.3 Å². The lowest BCUT2D eigenvalue weighted by Crippen LogP contribution is -2.49. The highest BCUT2D eigenvalue weighted by Crippen LogP contribution is 2.38. The number of hydrogen-bond acceptors (Lipinski definition) is 6. The number of amides is 1. The average molecular weight is 560 g/mol. The molecule has 1 aliphatic carbocycles. The van der Waals surface area contributed by atoms with E-state index in [1.165, 1.54) is 24.4 Å². The molecule has 0 bridgehead atoms. The molecule has 0 spiro atoms. The predicted molar refractivity (Wildman–Crippen MR) is 139 cm³/mol. The molecule has 1 amide bonds. The van der Waals surface area contributed by atoms with Crippen LogP contribution in [0.1, 0.15) is 40.4 Å². The van der Waals surface area contributed by atoms with Gasteiger partial charge in [0.2, 0.25) is 5.43 Å². The SMILES string of the molecule is O=C(CN1CCN(c2cc3c(cc2F)c(=O)c(C(=O)O)cn3C2CC2)CC1)N/N=C/c1ccccc1C(F)(F)F. The normalized spacial score (nSPS) is 16.6. The second-order valence-corrected chi connectivity index (χ2v) is 9.78. The van der Waals surface area contributed by atoms with Crippen molar-refractivity contribution in [3.63, 3.8) is 0 Å². The van der Waals surface area contributed by atoms with Crippen molar-refractivity contribution in [1.82, 2.24) is 14.9 Å². The van der Waals surface area contributed by atoms with Crippen molar-refractivity contribution in [2.24, 2.45) is 5.10 Å². The summed E-state index contributed by atoms with van der Waals surface area (Å²) in [6, 6.07) is 7.61. The van der Waals surface area contributed by atoms with Gasteiger partial charge in [-0.3, -0.25) is 14.5 Å². The number of aromatic carboxylic acids is 1. The van der Waals surface area contributed by atoms with Gasteiger partial charge in [0.25, 0.3) is 5.91 Å². The fourth-order valence-corrected chi connectivity index (χ4v) is 4.84. The van der Waals surface area contributed by atoms with E-state index >= 15 is 4.39 Å². The summed E-state index contributed by atoms with van der Waals surface area (Å²) in [6.45, 7) is 1.50. The minimum atomic E-state index is -4.55. The van der Waals surface area contributed by atoms with Crippen LogP contribution in [0.2, 0.25) is 0 Å². The molecule has 0 unspecified atom stereocenters. The van der Waals surface area contributed by atoms with E-state index in [1.54, 1.807) is 15.5 Å². The molecule has 2 fully saturated rings. The van der Waals surface area contributed by atoms with E-state index in [9.17, 15) is 32.7 Å². The van der Waals surface area contributed by atoms with Gasteiger partial charge >= 0.3 is 12.1 Å². The number of benzene rings is 2. The van der Waals surface area contributed by atoms with Crippen molar-refractivity contribution >= 4 is 34.7 Å². The van der Waals surface area contributed by atoms with Gasteiger partial charge in [0.05, 0.1) is 29.5 Å². The number of rotatable bonds is 7. The molecule has 2 heterocycles. The van der Waals surface area contributed by atoms with E-state index < -0.39 is 40.4 Å². The molecule has 210 valence electrons. The number of fused-ring (bicyclic) bond motifs is 1. The summed E-state index contributed by atoms with van der Waals surface area (Å²) < 4.78 is 56.2. The Morgan fingerprint density at radius 1 is 1.10 bits per heavy atom. The number of alkyl halides is 3. The van der Waals surface area contributed by atoms with Gasteiger partial charge in [-0.1, -0.05) is 18.2 Å². The molecule has 1 saturated heterocycles. The van der Waals surface area contributed by atoms with Gasteiger partial charge in [0.15, 0.2) is 0 Å². The zero-order valence-electron chi connectivity index (χ0n) is 21.1. The van der Waals surface area contributed by atoms with E-state index in [2.05, 4.69) is 10.5 Å². The van der Waals surface area contributed by atoms with Crippen LogP contribution in [0.15, 0.2) is 52.5 Å². The van der Waals surface area contributed by atoms with Crippen molar-refractivity contribution in [2.75, 3.05) is 37.6 Å². The second-order valence-electron chi connectivity index (χ2n) is 9.78. The highest BCUT2D eigenvalue weighted by atomic mass is 19.4. The summed E-state index contributed by atoms with van der Waals surface area (Å²) in [6.07, 6.45) is -0.602. The molecule has 13 heteroatoms. The molecule has 1 aromatic heterocycles. The summed E-state index contributed by atoms with van der Waals surface area (Å²) in [5.41, 5.74) is 0.835. The third-order valence-corrected chi connectivity index (χ3v) is 7.01. The van der Waals surface area contributed by atoms with Crippen LogP contribution in [-0.4, -0.2) is 65.4 Å². The monoisotopic (exact) mass is 559 g/mol. The second kappa shape index (κ2) is 10.7. The Morgan fingerprint density at radius 3 is 2.45 bits per heavy atom. The molecular formula is C27H25F4N5O4. The predicted octanol–water partition coefficient (Wildman–Crippen LogP) is 3.46. The molecule has 2 aromatic carbocycles. The number of anilines is 1. The standard InChI is InChI=1S/C27H25F4N5O4/c28-21-11-18-22(36(17-5-6-17)14-19(25(18)38)26(39)40)12-23(21)35-9-7-34(8-10-35)15-24(37)33-32-13-16-3-1-2-4-20(16)27(29,30)31/h1-4,11-14,17H,5-10,15H2,(H,33,37)(H,39,40)/b32-13+. The summed E-state index contributed by atoms with van der Waals surface area (Å²) in [5, 5.41) is 13.1. The summed E-state index contributed by atoms with van der Waals surface area (Å²) in [4.78, 5) is 40.1. The molecule has 2 aliphatic rings. The van der Waals surface area contributed by atoms with E-state index in [-0.39, 0.29) is 29.2 Å². The zero-order chi connectivity index (χ0) is 28.6. The smallest absolute Gasteiger partial charge is 0.417 e. The minimum absolute atomic E-state index is 0.0155. The number of hydrogen-bond donors (Lipinski definition) is 2. The largest absolute Gasteiger partial charge is 0.477 e. The molecule has 2 N–H and O–H groups in total. The highest BCUT2D eigenvalue weighted by Gasteiger charge is 2.32. The molecule has 1 saturated carbocycles. The van der Waals surface area contributed by atoms with Crippen LogP contribution >= 0.6 is 0 Å². The Balaban J connectivity index is 1.23. The van der Waals surface area contributed by atoms with Crippen molar-refractivity contribution in [2.45, 2.75) is 25.1 Å². The molecule has 9 nitrogen and oxygen atoms in total. The number of halogens is 4.